The molecule has 194 valence electrons. The number of urea groups is 1. The van der Waals surface area contributed by atoms with Crippen LogP contribution in [0.15, 0.2) is 48.8 Å². The third-order valence-corrected chi connectivity index (χ3v) is 6.76. The minimum Gasteiger partial charge on any atom is -0.491 e. The second kappa shape index (κ2) is 10.3. The Balaban J connectivity index is 1.42. The van der Waals surface area contributed by atoms with E-state index in [1.807, 2.05) is 0 Å². The van der Waals surface area contributed by atoms with E-state index in [9.17, 15) is 18.7 Å². The number of halogens is 3. The molecular weight excluding hydrogens is 601 g/mol. The number of nitrogens with one attached hydrogen (secondary N) is 1. The van der Waals surface area contributed by atoms with Crippen molar-refractivity contribution in [3.05, 3.63) is 54.4 Å². The fourth-order valence-corrected chi connectivity index (χ4v) is 4.67. The molecule has 2 aromatic heterocycles. The average Bonchev–Trinajstić information content (AvgIpc) is 3.31. The fraction of sp³-hybridized carbons (Fsp3) is 0.333. The van der Waals surface area contributed by atoms with Crippen LogP contribution in [0.2, 0.25) is 0 Å². The number of hydrogen-bond acceptors (Lipinski definition) is 8. The van der Waals surface area contributed by atoms with Gasteiger partial charge in [0.25, 0.3) is 0 Å². The molecule has 2 atom stereocenters. The summed E-state index contributed by atoms with van der Waals surface area (Å²) in [5.41, 5.74) is 0.942. The lowest BCUT2D eigenvalue weighted by Gasteiger charge is -2.35. The molecular formula is C24H23F2IN6O4. The Labute approximate surface area is 224 Å². The maximum absolute atomic E-state index is 13.9. The smallest absolute Gasteiger partial charge is 0.329 e. The summed E-state index contributed by atoms with van der Waals surface area (Å²) in [5.74, 6) is 1.22. The molecule has 0 saturated carbocycles. The van der Waals surface area contributed by atoms with E-state index in [-0.39, 0.29) is 29.9 Å². The largest absolute Gasteiger partial charge is 0.491 e. The van der Waals surface area contributed by atoms with Crippen LogP contribution in [0.1, 0.15) is 12.0 Å². The highest BCUT2D eigenvalue weighted by molar-refractivity contribution is 14.1. The molecule has 0 radical (unpaired) electrons. The lowest BCUT2D eigenvalue weighted by Crippen LogP contribution is -2.48. The van der Waals surface area contributed by atoms with Gasteiger partial charge in [-0.15, -0.1) is 0 Å². The van der Waals surface area contributed by atoms with Crippen molar-refractivity contribution in [1.82, 2.24) is 15.0 Å². The number of aliphatic hydroxyl groups is 2. The van der Waals surface area contributed by atoms with Gasteiger partial charge in [0.15, 0.2) is 11.6 Å². The Hall–Kier alpha value is -3.17. The molecule has 0 spiro atoms. The number of ether oxygens (including phenoxy) is 1. The molecule has 3 aromatic rings. The van der Waals surface area contributed by atoms with Gasteiger partial charge in [0.1, 0.15) is 24.3 Å². The third kappa shape index (κ3) is 5.43. The van der Waals surface area contributed by atoms with Crippen LogP contribution < -0.4 is 19.9 Å². The van der Waals surface area contributed by atoms with Gasteiger partial charge in [0.2, 0.25) is 0 Å². The number of aliphatic hydroxyl groups excluding tert-OH is 2. The van der Waals surface area contributed by atoms with E-state index in [1.165, 1.54) is 30.5 Å². The molecule has 1 saturated heterocycles. The fourth-order valence-electron chi connectivity index (χ4n) is 4.33. The number of hydrogen-bond donors (Lipinski definition) is 3. The molecule has 4 heterocycles. The molecule has 2 amide bonds. The van der Waals surface area contributed by atoms with Gasteiger partial charge in [-0.25, -0.2) is 19.7 Å². The number of aromatic nitrogens is 3. The molecule has 2 bridgehead atoms. The number of amides is 2. The highest BCUT2D eigenvalue weighted by Crippen LogP contribution is 2.40. The second-order valence-electron chi connectivity index (χ2n) is 8.69. The van der Waals surface area contributed by atoms with Crippen LogP contribution in [0.5, 0.6) is 5.75 Å². The first-order chi connectivity index (χ1) is 17.7. The molecule has 3 N–H and O–H groups in total. The van der Waals surface area contributed by atoms with Gasteiger partial charge in [-0.2, -0.15) is 8.78 Å². The van der Waals surface area contributed by atoms with Crippen LogP contribution >= 0.6 is 22.6 Å². The number of carbonyl (C=O) groups excluding carboxylic acids is 1. The van der Waals surface area contributed by atoms with E-state index >= 15 is 0 Å². The van der Waals surface area contributed by atoms with Gasteiger partial charge in [0.05, 0.1) is 24.5 Å². The molecule has 37 heavy (non-hydrogen) atoms. The zero-order chi connectivity index (χ0) is 26.2. The molecule has 0 aliphatic carbocycles. The Morgan fingerprint density at radius 1 is 1.30 bits per heavy atom. The van der Waals surface area contributed by atoms with Crippen molar-refractivity contribution in [2.45, 2.75) is 22.5 Å². The van der Waals surface area contributed by atoms with E-state index in [0.29, 0.717) is 29.4 Å². The minimum absolute atomic E-state index is 0.115. The molecule has 5 rings (SSSR count). The zero-order valence-corrected chi connectivity index (χ0v) is 21.5. The van der Waals surface area contributed by atoms with Crippen molar-refractivity contribution in [3.63, 3.8) is 0 Å². The number of benzene rings is 1. The Bertz CT molecular complexity index is 1310. The van der Waals surface area contributed by atoms with Crippen molar-refractivity contribution >= 4 is 45.9 Å². The standard InChI is InChI=1S/C24H23F2IN6O4/c25-24(26,27)15-3-1-2-14(8-15)21-29-10-19-22(31-21)33(16-5-7-32(19)11-16)23(36)30-20-9-18(4-6-28-20)37-13-17(35)12-34/h1-4,6,8-10,16-17,34-35H,5,7,11-13H2,(H,28,30,36)/t16-,17-/m0/s1. The molecule has 2 aliphatic heterocycles. The van der Waals surface area contributed by atoms with E-state index in [4.69, 9.17) is 9.84 Å². The summed E-state index contributed by atoms with van der Waals surface area (Å²) in [7, 11) is 0. The first kappa shape index (κ1) is 25.5. The second-order valence-corrected chi connectivity index (χ2v) is 10.0. The Kier molecular flexibility index (Phi) is 7.09. The summed E-state index contributed by atoms with van der Waals surface area (Å²) in [6.07, 6.45) is 2.77. The summed E-state index contributed by atoms with van der Waals surface area (Å²) in [6, 6.07) is 8.35. The van der Waals surface area contributed by atoms with E-state index in [1.54, 1.807) is 23.2 Å². The van der Waals surface area contributed by atoms with Crippen molar-refractivity contribution in [3.8, 4) is 17.1 Å². The number of anilines is 3. The van der Waals surface area contributed by atoms with Crippen molar-refractivity contribution < 1.29 is 28.5 Å². The molecule has 1 fully saturated rings. The van der Waals surface area contributed by atoms with E-state index < -0.39 is 22.7 Å². The lowest BCUT2D eigenvalue weighted by molar-refractivity contribution is 0.0536. The maximum atomic E-state index is 13.9. The van der Waals surface area contributed by atoms with Crippen LogP contribution in [0.25, 0.3) is 11.4 Å². The normalized spacial score (nSPS) is 17.4. The molecule has 1 aromatic carbocycles. The Morgan fingerprint density at radius 2 is 2.14 bits per heavy atom. The van der Waals surface area contributed by atoms with Gasteiger partial charge in [-0.3, -0.25) is 10.2 Å². The minimum atomic E-state index is -3.04. The van der Waals surface area contributed by atoms with Crippen molar-refractivity contribution in [1.29, 1.82) is 0 Å². The van der Waals surface area contributed by atoms with Crippen molar-refractivity contribution in [2.24, 2.45) is 0 Å². The number of rotatable bonds is 7. The lowest BCUT2D eigenvalue weighted by atomic mass is 10.1. The monoisotopic (exact) mass is 624 g/mol. The van der Waals surface area contributed by atoms with Crippen LogP contribution in [-0.2, 0) is 3.93 Å². The number of fused-ring (bicyclic) bond motifs is 4. The summed E-state index contributed by atoms with van der Waals surface area (Å²) >= 11 is 1.08. The molecule has 0 unspecified atom stereocenters. The summed E-state index contributed by atoms with van der Waals surface area (Å²) in [4.78, 5) is 30.3. The summed E-state index contributed by atoms with van der Waals surface area (Å²) < 4.78 is 30.2. The van der Waals surface area contributed by atoms with Gasteiger partial charge < -0.3 is 19.8 Å². The zero-order valence-electron chi connectivity index (χ0n) is 19.4. The van der Waals surface area contributed by atoms with E-state index in [0.717, 1.165) is 35.6 Å². The van der Waals surface area contributed by atoms with Crippen molar-refractivity contribution in [2.75, 3.05) is 41.4 Å². The SMILES string of the molecule is O=C(Nc1cc(OC[C@@H](O)CO)ccn1)N1c2nc(-c3cccc(C(F)(F)I)c3)ncc2N2CC[C@H]1C2. The van der Waals surface area contributed by atoms with Crippen LogP contribution in [-0.4, -0.2) is 69.6 Å². The topological polar surface area (TPSA) is 124 Å². The van der Waals surface area contributed by atoms with Gasteiger partial charge >= 0.3 is 9.96 Å². The highest BCUT2D eigenvalue weighted by atomic mass is 127. The van der Waals surface area contributed by atoms with E-state index in [2.05, 4.69) is 25.2 Å². The van der Waals surface area contributed by atoms with Crippen LogP contribution in [0, 0.1) is 0 Å². The molecule has 10 nitrogen and oxygen atoms in total. The molecule has 13 heteroatoms. The average molecular weight is 624 g/mol. The van der Waals surface area contributed by atoms with Crippen LogP contribution in [0.3, 0.4) is 0 Å². The third-order valence-electron chi connectivity index (χ3n) is 6.13. The number of carbonyl (C=O) groups is 1. The van der Waals surface area contributed by atoms with Gasteiger partial charge in [-0.1, -0.05) is 18.2 Å². The number of alkyl halides is 3. The quantitative estimate of drug-likeness (QED) is 0.270. The first-order valence-electron chi connectivity index (χ1n) is 11.5. The number of pyridine rings is 1. The Morgan fingerprint density at radius 3 is 2.92 bits per heavy atom. The van der Waals surface area contributed by atoms with Crippen LogP contribution in [0.4, 0.5) is 30.9 Å². The predicted molar refractivity (Wildman–Crippen MR) is 140 cm³/mol. The molecule has 2 aliphatic rings. The summed E-state index contributed by atoms with van der Waals surface area (Å²) in [6.45, 7) is 0.802. The predicted octanol–water partition coefficient (Wildman–Crippen LogP) is 3.39. The van der Waals surface area contributed by atoms with Gasteiger partial charge in [-0.05, 0) is 18.6 Å². The van der Waals surface area contributed by atoms with Gasteiger partial charge in [0, 0.05) is 59.1 Å². The maximum Gasteiger partial charge on any atom is 0.329 e. The summed E-state index contributed by atoms with van der Waals surface area (Å²) in [5, 5.41) is 21.2. The highest BCUT2D eigenvalue weighted by Gasteiger charge is 2.41. The first-order valence-corrected chi connectivity index (χ1v) is 12.6. The number of nitrogens with zero attached hydrogens (tertiary/aromatic N) is 5.